The number of ether oxygens (including phenoxy) is 1. The third-order valence-electron chi connectivity index (χ3n) is 6.50. The molecule has 0 bridgehead atoms. The Labute approximate surface area is 227 Å². The van der Waals surface area contributed by atoms with Crippen LogP contribution in [0.2, 0.25) is 0 Å². The number of piperazine rings is 1. The quantitative estimate of drug-likeness (QED) is 0.256. The first-order valence-electron chi connectivity index (χ1n) is 12.3. The number of nitrogens with zero attached hydrogens (tertiary/aromatic N) is 4. The summed E-state index contributed by atoms with van der Waals surface area (Å²) >= 11 is 0. The van der Waals surface area contributed by atoms with Crippen molar-refractivity contribution in [1.29, 1.82) is 0 Å². The van der Waals surface area contributed by atoms with Gasteiger partial charge in [-0.1, -0.05) is 0 Å². The summed E-state index contributed by atoms with van der Waals surface area (Å²) < 4.78 is 84.7. The summed E-state index contributed by atoms with van der Waals surface area (Å²) in [7, 11) is 3.31. The number of carbonyl (C=O) groups is 1. The van der Waals surface area contributed by atoms with Crippen LogP contribution in [0.15, 0.2) is 23.3 Å². The number of halogens is 6. The second kappa shape index (κ2) is 11.3. The van der Waals surface area contributed by atoms with Crippen molar-refractivity contribution in [3.63, 3.8) is 0 Å². The molecule has 2 aliphatic heterocycles. The highest BCUT2D eigenvalue weighted by Crippen LogP contribution is 2.36. The molecule has 4 heterocycles. The molecule has 1 amide bonds. The number of carbonyl (C=O) groups excluding carboxylic acids is 1. The van der Waals surface area contributed by atoms with E-state index in [2.05, 4.69) is 31.0 Å². The maximum absolute atomic E-state index is 13.3. The van der Waals surface area contributed by atoms with Gasteiger partial charge in [0.1, 0.15) is 5.56 Å². The van der Waals surface area contributed by atoms with Crippen LogP contribution in [-0.4, -0.2) is 86.8 Å². The fourth-order valence-corrected chi connectivity index (χ4v) is 4.89. The predicted octanol–water partition coefficient (Wildman–Crippen LogP) is 2.44. The highest BCUT2D eigenvalue weighted by Gasteiger charge is 2.39. The summed E-state index contributed by atoms with van der Waals surface area (Å²) in [4.78, 5) is 32.1. The Bertz CT molecular complexity index is 1290. The van der Waals surface area contributed by atoms with Crippen LogP contribution in [0.25, 0.3) is 0 Å². The number of aromatic nitrogens is 3. The van der Waals surface area contributed by atoms with Crippen LogP contribution < -0.4 is 21.1 Å². The predicted molar refractivity (Wildman–Crippen MR) is 133 cm³/mol. The van der Waals surface area contributed by atoms with E-state index in [9.17, 15) is 35.9 Å². The minimum absolute atomic E-state index is 0.0113. The lowest BCUT2D eigenvalue weighted by Crippen LogP contribution is -2.55. The topological polar surface area (TPSA) is 115 Å². The molecule has 17 heteroatoms. The molecule has 3 radical (unpaired) electrons. The molecule has 2 aromatic heterocycles. The largest absolute Gasteiger partial charge is 0.423 e. The summed E-state index contributed by atoms with van der Waals surface area (Å²) in [6.07, 6.45) is -7.16. The van der Waals surface area contributed by atoms with Crippen LogP contribution in [-0.2, 0) is 21.9 Å². The van der Waals surface area contributed by atoms with Gasteiger partial charge in [0.15, 0.2) is 5.82 Å². The number of nitrogens with one attached hydrogen (secondary N) is 3. The van der Waals surface area contributed by atoms with Crippen LogP contribution in [0.3, 0.4) is 0 Å². The minimum Gasteiger partial charge on any atom is -0.382 e. The van der Waals surface area contributed by atoms with E-state index in [-0.39, 0.29) is 31.6 Å². The van der Waals surface area contributed by atoms with Crippen LogP contribution in [0.1, 0.15) is 30.9 Å². The van der Waals surface area contributed by atoms with Gasteiger partial charge in [-0.05, 0) is 19.4 Å². The molecule has 0 aromatic carbocycles. The van der Waals surface area contributed by atoms with Crippen molar-refractivity contribution >= 4 is 33.3 Å². The van der Waals surface area contributed by atoms with Crippen molar-refractivity contribution in [3.8, 4) is 0 Å². The number of aromatic amines is 1. The summed E-state index contributed by atoms with van der Waals surface area (Å²) in [5.74, 6) is 0.221. The lowest BCUT2D eigenvalue weighted by molar-refractivity contribution is -0.138. The minimum atomic E-state index is -4.91. The molecule has 3 N–H and O–H groups in total. The number of fused-ring (bicyclic) bond motifs is 3. The second-order valence-corrected chi connectivity index (χ2v) is 10.8. The van der Waals surface area contributed by atoms with Gasteiger partial charge in [-0.15, -0.1) is 0 Å². The smallest absolute Gasteiger partial charge is 0.382 e. The summed E-state index contributed by atoms with van der Waals surface area (Å²) in [5.41, 5.74) is -3.88. The summed E-state index contributed by atoms with van der Waals surface area (Å²) in [6, 6.07) is 0.902. The summed E-state index contributed by atoms with van der Waals surface area (Å²) in [5, 5.41) is 9.50. The van der Waals surface area contributed by atoms with Gasteiger partial charge in [-0.25, -0.2) is 10.1 Å². The Hall–Kier alpha value is -3.34. The van der Waals surface area contributed by atoms with Crippen LogP contribution in [0, 0.1) is 0 Å². The Kier molecular flexibility index (Phi) is 8.35. The number of amides is 1. The molecule has 0 unspecified atom stereocenters. The highest BCUT2D eigenvalue weighted by molar-refractivity contribution is 6.16. The normalized spacial score (nSPS) is 19.1. The first-order valence-corrected chi connectivity index (χ1v) is 12.8. The molecular weight excluding hydrogens is 564 g/mol. The van der Waals surface area contributed by atoms with Gasteiger partial charge < -0.3 is 25.2 Å². The molecule has 1 saturated heterocycles. The van der Waals surface area contributed by atoms with E-state index < -0.39 is 39.9 Å². The van der Waals surface area contributed by atoms with E-state index in [0.29, 0.717) is 44.1 Å². The molecule has 0 saturated carbocycles. The van der Waals surface area contributed by atoms with Gasteiger partial charge in [0.2, 0.25) is 5.91 Å². The van der Waals surface area contributed by atoms with E-state index in [1.807, 2.05) is 4.90 Å². The molecule has 10 nitrogen and oxygen atoms in total. The van der Waals surface area contributed by atoms with E-state index in [1.54, 1.807) is 10.00 Å². The third kappa shape index (κ3) is 6.86. The average Bonchev–Trinajstić information content (AvgIpc) is 3.03. The van der Waals surface area contributed by atoms with Crippen molar-refractivity contribution in [2.45, 2.75) is 43.3 Å². The molecule has 1 fully saturated rings. The van der Waals surface area contributed by atoms with E-state index >= 15 is 0 Å². The van der Waals surface area contributed by atoms with Gasteiger partial charge in [-0.3, -0.25) is 9.59 Å². The van der Waals surface area contributed by atoms with E-state index in [4.69, 9.17) is 4.74 Å². The van der Waals surface area contributed by atoms with Crippen molar-refractivity contribution in [3.05, 3.63) is 39.9 Å². The highest BCUT2D eigenvalue weighted by atomic mass is 28.1. The first kappa shape index (κ1) is 29.6. The Morgan fingerprint density at radius 2 is 1.95 bits per heavy atom. The van der Waals surface area contributed by atoms with Gasteiger partial charge in [0, 0.05) is 43.6 Å². The lowest BCUT2D eigenvalue weighted by atomic mass is 10.1. The van der Waals surface area contributed by atoms with Crippen molar-refractivity contribution in [2.75, 3.05) is 54.9 Å². The number of hydrogen-bond donors (Lipinski definition) is 3. The molecule has 40 heavy (non-hydrogen) atoms. The monoisotopic (exact) mass is 590 g/mol. The molecule has 2 aromatic rings. The number of hydrogen-bond acceptors (Lipinski definition) is 8. The fraction of sp³-hybridized carbons (Fsp3) is 0.565. The average molecular weight is 591 g/mol. The SMILES string of the molecule is C[C@]([Si])(COCCC(=O)N1CCN2c3ncc(C(F)(F)F)cc3NCC[C@H]2C1)Nc1cn[nH]c(=O)c1C(F)(F)F. The molecule has 2 atom stereocenters. The maximum Gasteiger partial charge on any atom is 0.423 e. The standard InChI is InChI=1S/C23H26F6N7O3Si/c1-21(40,33-16-10-32-34-20(38)18(16)23(27,28)29)12-39-7-3-17(37)35-5-6-36-14(11-35)2-4-30-15-8-13(22(24,25)26)9-31-19(15)36/h8-10,14,30H,2-7,11-12H2,1H3,(H2,33,34,38)/t14-,21-/m0/s1. The Morgan fingerprint density at radius 1 is 1.20 bits per heavy atom. The van der Waals surface area contributed by atoms with Crippen molar-refractivity contribution in [1.82, 2.24) is 20.1 Å². The fourth-order valence-electron chi connectivity index (χ4n) is 4.65. The van der Waals surface area contributed by atoms with Crippen LogP contribution in [0.5, 0.6) is 0 Å². The molecule has 0 aliphatic carbocycles. The first-order chi connectivity index (χ1) is 18.7. The second-order valence-electron chi connectivity index (χ2n) is 9.74. The number of alkyl halides is 6. The van der Waals surface area contributed by atoms with Crippen LogP contribution >= 0.6 is 0 Å². The van der Waals surface area contributed by atoms with Crippen molar-refractivity contribution in [2.24, 2.45) is 0 Å². The number of pyridine rings is 1. The zero-order valence-electron chi connectivity index (χ0n) is 21.2. The number of H-pyrrole nitrogens is 1. The van der Waals surface area contributed by atoms with Crippen LogP contribution in [0.4, 0.5) is 43.5 Å². The third-order valence-corrected chi connectivity index (χ3v) is 6.77. The molecule has 2 aliphatic rings. The van der Waals surface area contributed by atoms with Gasteiger partial charge in [-0.2, -0.15) is 31.4 Å². The maximum atomic E-state index is 13.3. The Morgan fingerprint density at radius 3 is 2.65 bits per heavy atom. The van der Waals surface area contributed by atoms with E-state index in [1.165, 1.54) is 6.92 Å². The van der Waals surface area contributed by atoms with Gasteiger partial charge in [0.25, 0.3) is 5.56 Å². The molecule has 217 valence electrons. The number of anilines is 3. The van der Waals surface area contributed by atoms with E-state index in [0.717, 1.165) is 18.5 Å². The van der Waals surface area contributed by atoms with Gasteiger partial charge in [0.05, 0.1) is 53.0 Å². The Balaban J connectivity index is 1.29. The lowest BCUT2D eigenvalue weighted by Gasteiger charge is -2.41. The molecule has 4 rings (SSSR count). The zero-order chi connectivity index (χ0) is 29.3. The summed E-state index contributed by atoms with van der Waals surface area (Å²) in [6.45, 7) is 2.83. The number of rotatable bonds is 7. The zero-order valence-corrected chi connectivity index (χ0v) is 22.2. The molecular formula is C23H26F6N7O3Si. The van der Waals surface area contributed by atoms with Crippen molar-refractivity contribution < 1.29 is 35.9 Å². The molecule has 0 spiro atoms. The van der Waals surface area contributed by atoms with Gasteiger partial charge >= 0.3 is 12.4 Å².